The van der Waals surface area contributed by atoms with E-state index in [0.717, 1.165) is 23.2 Å². The number of aromatic amines is 1. The van der Waals surface area contributed by atoms with E-state index in [4.69, 9.17) is 0 Å². The molecule has 0 unspecified atom stereocenters. The molecule has 7 heteroatoms. The van der Waals surface area contributed by atoms with Gasteiger partial charge in [0.15, 0.2) is 5.16 Å². The molecule has 0 aliphatic heterocycles. The number of thioether (sulfide) groups is 1. The predicted molar refractivity (Wildman–Crippen MR) is 81.8 cm³/mol. The molecule has 1 amide bonds. The molecule has 1 aromatic heterocycles. The van der Waals surface area contributed by atoms with E-state index in [9.17, 15) is 13.6 Å². The summed E-state index contributed by atoms with van der Waals surface area (Å²) in [5.74, 6) is -1.82. The van der Waals surface area contributed by atoms with Crippen LogP contribution in [0.5, 0.6) is 0 Å². The van der Waals surface area contributed by atoms with Gasteiger partial charge in [0.25, 0.3) is 0 Å². The van der Waals surface area contributed by atoms with E-state index < -0.39 is 17.5 Å². The van der Waals surface area contributed by atoms with Gasteiger partial charge in [0.05, 0.1) is 22.5 Å². The van der Waals surface area contributed by atoms with Crippen molar-refractivity contribution in [2.24, 2.45) is 0 Å². The van der Waals surface area contributed by atoms with Gasteiger partial charge in [-0.1, -0.05) is 23.9 Å². The molecule has 4 nitrogen and oxygen atoms in total. The first-order valence-corrected chi connectivity index (χ1v) is 7.43. The van der Waals surface area contributed by atoms with Crippen molar-refractivity contribution in [3.63, 3.8) is 0 Å². The molecule has 0 spiro atoms. The summed E-state index contributed by atoms with van der Waals surface area (Å²) in [4.78, 5) is 19.2. The first-order chi connectivity index (χ1) is 10.6. The Labute approximate surface area is 128 Å². The fourth-order valence-electron chi connectivity index (χ4n) is 1.91. The van der Waals surface area contributed by atoms with Crippen LogP contribution < -0.4 is 5.32 Å². The number of H-pyrrole nitrogens is 1. The minimum Gasteiger partial charge on any atom is -0.333 e. The first-order valence-electron chi connectivity index (χ1n) is 6.44. The molecule has 3 rings (SSSR count). The van der Waals surface area contributed by atoms with E-state index in [-0.39, 0.29) is 11.4 Å². The second-order valence-corrected chi connectivity index (χ2v) is 5.48. The molecule has 2 aromatic carbocycles. The highest BCUT2D eigenvalue weighted by Gasteiger charge is 2.10. The number of imidazole rings is 1. The highest BCUT2D eigenvalue weighted by molar-refractivity contribution is 7.99. The second kappa shape index (κ2) is 6.15. The van der Waals surface area contributed by atoms with Crippen LogP contribution in [0.25, 0.3) is 11.0 Å². The quantitative estimate of drug-likeness (QED) is 0.723. The largest absolute Gasteiger partial charge is 0.333 e. The van der Waals surface area contributed by atoms with E-state index in [1.54, 1.807) is 0 Å². The van der Waals surface area contributed by atoms with Gasteiger partial charge >= 0.3 is 0 Å². The van der Waals surface area contributed by atoms with Gasteiger partial charge in [-0.25, -0.2) is 13.8 Å². The number of nitrogens with one attached hydrogen (secondary N) is 2. The SMILES string of the molecule is O=C(CSc1nc2ccccc2[nH]1)Nc1ccc(F)cc1F. The number of carbonyl (C=O) groups is 1. The van der Waals surface area contributed by atoms with Crippen LogP contribution in [-0.2, 0) is 4.79 Å². The highest BCUT2D eigenvalue weighted by atomic mass is 32.2. The number of nitrogens with zero attached hydrogens (tertiary/aromatic N) is 1. The van der Waals surface area contributed by atoms with E-state index in [1.807, 2.05) is 24.3 Å². The van der Waals surface area contributed by atoms with Gasteiger partial charge in [0.1, 0.15) is 11.6 Å². The Morgan fingerprint density at radius 3 is 2.82 bits per heavy atom. The second-order valence-electron chi connectivity index (χ2n) is 4.52. The molecular weight excluding hydrogens is 308 g/mol. The minimum atomic E-state index is -0.804. The summed E-state index contributed by atoms with van der Waals surface area (Å²) >= 11 is 1.21. The molecule has 0 aliphatic rings. The number of para-hydroxylation sites is 2. The molecule has 0 fully saturated rings. The van der Waals surface area contributed by atoms with Gasteiger partial charge in [0.2, 0.25) is 5.91 Å². The van der Waals surface area contributed by atoms with Crippen molar-refractivity contribution >= 4 is 34.4 Å². The topological polar surface area (TPSA) is 57.8 Å². The molecule has 22 heavy (non-hydrogen) atoms. The predicted octanol–water partition coefficient (Wildman–Crippen LogP) is 3.57. The summed E-state index contributed by atoms with van der Waals surface area (Å²) < 4.78 is 26.2. The van der Waals surface area contributed by atoms with Gasteiger partial charge < -0.3 is 10.3 Å². The number of halogens is 2. The summed E-state index contributed by atoms with van der Waals surface area (Å²) in [7, 11) is 0. The third-order valence-electron chi connectivity index (χ3n) is 2.91. The van der Waals surface area contributed by atoms with Crippen LogP contribution in [0.3, 0.4) is 0 Å². The maximum atomic E-state index is 13.4. The molecule has 0 bridgehead atoms. The van der Waals surface area contributed by atoms with E-state index in [0.29, 0.717) is 5.16 Å². The Bertz CT molecular complexity index is 802. The van der Waals surface area contributed by atoms with Gasteiger partial charge in [0, 0.05) is 6.07 Å². The number of amides is 1. The number of carbonyl (C=O) groups excluding carboxylic acids is 1. The van der Waals surface area contributed by atoms with E-state index >= 15 is 0 Å². The third kappa shape index (κ3) is 3.25. The Balaban J connectivity index is 1.62. The minimum absolute atomic E-state index is 0.0448. The van der Waals surface area contributed by atoms with Gasteiger partial charge in [-0.15, -0.1) is 0 Å². The van der Waals surface area contributed by atoms with Crippen LogP contribution in [0.1, 0.15) is 0 Å². The number of rotatable bonds is 4. The standard InChI is InChI=1S/C15H11F2N3OS/c16-9-5-6-11(10(17)7-9)18-14(21)8-22-15-19-12-3-1-2-4-13(12)20-15/h1-7H,8H2,(H,18,21)(H,19,20). The summed E-state index contributed by atoms with van der Waals surface area (Å²) in [6.45, 7) is 0. The number of benzene rings is 2. The Hall–Kier alpha value is -2.41. The summed E-state index contributed by atoms with van der Waals surface area (Å²) in [5, 5.41) is 3.01. The summed E-state index contributed by atoms with van der Waals surface area (Å²) in [6, 6.07) is 10.5. The molecule has 0 radical (unpaired) electrons. The first kappa shape index (κ1) is 14.5. The maximum Gasteiger partial charge on any atom is 0.234 e. The molecule has 0 saturated carbocycles. The molecular formula is C15H11F2N3OS. The van der Waals surface area contributed by atoms with Crippen LogP contribution in [0, 0.1) is 11.6 Å². The van der Waals surface area contributed by atoms with Crippen LogP contribution in [0.15, 0.2) is 47.6 Å². The van der Waals surface area contributed by atoms with Crippen LogP contribution in [-0.4, -0.2) is 21.6 Å². The Morgan fingerprint density at radius 1 is 1.23 bits per heavy atom. The van der Waals surface area contributed by atoms with E-state index in [2.05, 4.69) is 15.3 Å². The fourth-order valence-corrected chi connectivity index (χ4v) is 2.59. The van der Waals surface area contributed by atoms with E-state index in [1.165, 1.54) is 17.8 Å². The van der Waals surface area contributed by atoms with Crippen molar-refractivity contribution in [3.05, 3.63) is 54.1 Å². The average Bonchev–Trinajstić information content (AvgIpc) is 2.91. The highest BCUT2D eigenvalue weighted by Crippen LogP contribution is 2.20. The van der Waals surface area contributed by atoms with Crippen molar-refractivity contribution in [1.82, 2.24) is 9.97 Å². The zero-order valence-corrected chi connectivity index (χ0v) is 12.1. The van der Waals surface area contributed by atoms with Crippen molar-refractivity contribution in [3.8, 4) is 0 Å². The van der Waals surface area contributed by atoms with Crippen LogP contribution >= 0.6 is 11.8 Å². The molecule has 2 N–H and O–H groups in total. The lowest BCUT2D eigenvalue weighted by Gasteiger charge is -2.05. The molecule has 1 heterocycles. The van der Waals surface area contributed by atoms with Crippen molar-refractivity contribution < 1.29 is 13.6 Å². The summed E-state index contributed by atoms with van der Waals surface area (Å²) in [5.41, 5.74) is 1.65. The third-order valence-corrected chi connectivity index (χ3v) is 3.79. The molecule has 0 saturated heterocycles. The van der Waals surface area contributed by atoms with Crippen molar-refractivity contribution in [1.29, 1.82) is 0 Å². The number of fused-ring (bicyclic) bond motifs is 1. The lowest BCUT2D eigenvalue weighted by Crippen LogP contribution is -2.15. The fraction of sp³-hybridized carbons (Fsp3) is 0.0667. The number of anilines is 1. The number of hydrogen-bond donors (Lipinski definition) is 2. The maximum absolute atomic E-state index is 13.4. The molecule has 3 aromatic rings. The Kier molecular flexibility index (Phi) is 4.06. The van der Waals surface area contributed by atoms with Gasteiger partial charge in [-0.05, 0) is 24.3 Å². The monoisotopic (exact) mass is 319 g/mol. The smallest absolute Gasteiger partial charge is 0.234 e. The van der Waals surface area contributed by atoms with Crippen LogP contribution in [0.4, 0.5) is 14.5 Å². The normalized spacial score (nSPS) is 10.8. The zero-order chi connectivity index (χ0) is 15.5. The molecule has 0 atom stereocenters. The van der Waals surface area contributed by atoms with Crippen molar-refractivity contribution in [2.75, 3.05) is 11.1 Å². The molecule has 0 aliphatic carbocycles. The van der Waals surface area contributed by atoms with Gasteiger partial charge in [-0.3, -0.25) is 4.79 Å². The van der Waals surface area contributed by atoms with Crippen molar-refractivity contribution in [2.45, 2.75) is 5.16 Å². The van der Waals surface area contributed by atoms with Crippen LogP contribution in [0.2, 0.25) is 0 Å². The lowest BCUT2D eigenvalue weighted by atomic mass is 10.3. The number of aromatic nitrogens is 2. The zero-order valence-electron chi connectivity index (χ0n) is 11.3. The number of hydrogen-bond acceptors (Lipinski definition) is 3. The van der Waals surface area contributed by atoms with Gasteiger partial charge in [-0.2, -0.15) is 0 Å². The Morgan fingerprint density at radius 2 is 2.05 bits per heavy atom. The molecule has 112 valence electrons. The summed E-state index contributed by atoms with van der Waals surface area (Å²) in [6.07, 6.45) is 0. The average molecular weight is 319 g/mol. The lowest BCUT2D eigenvalue weighted by molar-refractivity contribution is -0.113.